The van der Waals surface area contributed by atoms with Crippen LogP contribution >= 0.6 is 11.3 Å². The molecule has 0 unspecified atom stereocenters. The van der Waals surface area contributed by atoms with Gasteiger partial charge in [-0.15, -0.1) is 0 Å². The number of benzene rings is 1. The Kier molecular flexibility index (Phi) is 2.57. The summed E-state index contributed by atoms with van der Waals surface area (Å²) in [5.41, 5.74) is 1.94. The van der Waals surface area contributed by atoms with Crippen LogP contribution in [-0.4, -0.2) is 15.0 Å². The number of fused-ring (bicyclic) bond motifs is 2. The summed E-state index contributed by atoms with van der Waals surface area (Å²) in [4.78, 5) is 13.9. The zero-order valence-corrected chi connectivity index (χ0v) is 11.3. The number of pyridine rings is 2. The lowest BCUT2D eigenvalue weighted by molar-refractivity contribution is 1.36. The number of hydrogen-bond donors (Lipinski definition) is 1. The van der Waals surface area contributed by atoms with Crippen LogP contribution in [0.4, 0.5) is 10.8 Å². The molecular weight excluding hydrogens is 268 g/mol. The SMILES string of the molecule is c1cnc2sc(Nc3ccc4cnccc4c3)nc2c1. The molecule has 4 nitrogen and oxygen atoms in total. The molecule has 0 saturated carbocycles. The first-order valence-corrected chi connectivity index (χ1v) is 7.02. The number of thiazole rings is 1. The Morgan fingerprint density at radius 2 is 2.00 bits per heavy atom. The minimum absolute atomic E-state index is 0.854. The Labute approximate surface area is 119 Å². The second-order valence-corrected chi connectivity index (χ2v) is 5.39. The smallest absolute Gasteiger partial charge is 0.189 e. The Hall–Kier alpha value is -2.53. The van der Waals surface area contributed by atoms with Gasteiger partial charge < -0.3 is 5.32 Å². The maximum Gasteiger partial charge on any atom is 0.189 e. The van der Waals surface area contributed by atoms with Crippen molar-refractivity contribution in [3.63, 3.8) is 0 Å². The summed E-state index contributed by atoms with van der Waals surface area (Å²) in [6.45, 7) is 0. The molecule has 0 amide bonds. The first kappa shape index (κ1) is 11.3. The second kappa shape index (κ2) is 4.54. The molecule has 4 aromatic rings. The Morgan fingerprint density at radius 1 is 1.00 bits per heavy atom. The predicted octanol–water partition coefficient (Wildman–Crippen LogP) is 3.98. The van der Waals surface area contributed by atoms with E-state index < -0.39 is 0 Å². The van der Waals surface area contributed by atoms with Crippen molar-refractivity contribution >= 4 is 43.3 Å². The van der Waals surface area contributed by atoms with E-state index in [-0.39, 0.29) is 0 Å². The number of rotatable bonds is 2. The molecular formula is C15H10N4S. The summed E-state index contributed by atoms with van der Waals surface area (Å²) in [5.74, 6) is 0. The number of hydrogen-bond acceptors (Lipinski definition) is 5. The quantitative estimate of drug-likeness (QED) is 0.602. The molecule has 3 aromatic heterocycles. The van der Waals surface area contributed by atoms with E-state index in [0.717, 1.165) is 31.9 Å². The highest BCUT2D eigenvalue weighted by Gasteiger charge is 2.04. The molecule has 0 atom stereocenters. The maximum absolute atomic E-state index is 4.52. The van der Waals surface area contributed by atoms with E-state index in [9.17, 15) is 0 Å². The van der Waals surface area contributed by atoms with E-state index in [4.69, 9.17) is 0 Å². The molecule has 0 spiro atoms. The van der Waals surface area contributed by atoms with Crippen molar-refractivity contribution in [2.45, 2.75) is 0 Å². The van der Waals surface area contributed by atoms with Gasteiger partial charge in [-0.05, 0) is 35.7 Å². The molecule has 0 saturated heterocycles. The number of anilines is 2. The van der Waals surface area contributed by atoms with Crippen molar-refractivity contribution in [3.05, 3.63) is 55.0 Å². The van der Waals surface area contributed by atoms with Crippen LogP contribution in [0, 0.1) is 0 Å². The van der Waals surface area contributed by atoms with Crippen LogP contribution < -0.4 is 5.32 Å². The van der Waals surface area contributed by atoms with E-state index in [1.807, 2.05) is 30.5 Å². The third-order valence-corrected chi connectivity index (χ3v) is 3.95. The van der Waals surface area contributed by atoms with E-state index in [1.54, 1.807) is 23.7 Å². The van der Waals surface area contributed by atoms with Crippen LogP contribution in [0.2, 0.25) is 0 Å². The number of nitrogens with zero attached hydrogens (tertiary/aromatic N) is 3. The van der Waals surface area contributed by atoms with Crippen LogP contribution in [0.5, 0.6) is 0 Å². The van der Waals surface area contributed by atoms with Gasteiger partial charge in [-0.25, -0.2) is 9.97 Å². The molecule has 4 rings (SSSR count). The minimum Gasteiger partial charge on any atom is -0.331 e. The lowest BCUT2D eigenvalue weighted by Gasteiger charge is -2.03. The molecule has 0 bridgehead atoms. The molecule has 0 aliphatic heterocycles. The summed E-state index contributed by atoms with van der Waals surface area (Å²) in [5, 5.41) is 6.47. The first-order valence-electron chi connectivity index (χ1n) is 6.21. The molecule has 0 radical (unpaired) electrons. The topological polar surface area (TPSA) is 50.7 Å². The zero-order chi connectivity index (χ0) is 13.4. The molecule has 5 heteroatoms. The normalized spacial score (nSPS) is 11.0. The zero-order valence-electron chi connectivity index (χ0n) is 10.4. The van der Waals surface area contributed by atoms with Crippen molar-refractivity contribution in [1.82, 2.24) is 15.0 Å². The third-order valence-electron chi connectivity index (χ3n) is 3.06. The van der Waals surface area contributed by atoms with Gasteiger partial charge in [-0.2, -0.15) is 0 Å². The van der Waals surface area contributed by atoms with Crippen molar-refractivity contribution in [2.75, 3.05) is 5.32 Å². The predicted molar refractivity (Wildman–Crippen MR) is 82.4 cm³/mol. The number of nitrogens with one attached hydrogen (secondary N) is 1. The fraction of sp³-hybridized carbons (Fsp3) is 0. The van der Waals surface area contributed by atoms with Crippen LogP contribution in [-0.2, 0) is 0 Å². The standard InChI is InChI=1S/C15H10N4S/c1-2-13-14(17-6-1)20-15(19-13)18-12-4-3-11-9-16-7-5-10(11)8-12/h1-9H,(H,18,19). The summed E-state index contributed by atoms with van der Waals surface area (Å²) in [6.07, 6.45) is 5.45. The highest BCUT2D eigenvalue weighted by atomic mass is 32.1. The molecule has 3 heterocycles. The fourth-order valence-electron chi connectivity index (χ4n) is 2.11. The van der Waals surface area contributed by atoms with Crippen molar-refractivity contribution in [1.29, 1.82) is 0 Å². The largest absolute Gasteiger partial charge is 0.331 e. The summed E-state index contributed by atoms with van der Waals surface area (Å²) in [6, 6.07) is 12.0. The van der Waals surface area contributed by atoms with E-state index >= 15 is 0 Å². The third kappa shape index (κ3) is 1.98. The Morgan fingerprint density at radius 3 is 2.95 bits per heavy atom. The van der Waals surface area contributed by atoms with Gasteiger partial charge in [-0.3, -0.25) is 4.98 Å². The molecule has 0 aliphatic rings. The first-order chi connectivity index (χ1) is 9.88. The van der Waals surface area contributed by atoms with E-state index in [1.165, 1.54) is 0 Å². The van der Waals surface area contributed by atoms with Crippen molar-refractivity contribution < 1.29 is 0 Å². The van der Waals surface area contributed by atoms with Gasteiger partial charge in [0.25, 0.3) is 0 Å². The van der Waals surface area contributed by atoms with Gasteiger partial charge in [0.1, 0.15) is 10.3 Å². The van der Waals surface area contributed by atoms with Crippen LogP contribution in [0.15, 0.2) is 55.0 Å². The Balaban J connectivity index is 1.72. The maximum atomic E-state index is 4.52. The van der Waals surface area contributed by atoms with Gasteiger partial charge in [-0.1, -0.05) is 17.4 Å². The van der Waals surface area contributed by atoms with Crippen molar-refractivity contribution in [3.8, 4) is 0 Å². The van der Waals surface area contributed by atoms with Gasteiger partial charge in [0, 0.05) is 29.7 Å². The summed E-state index contributed by atoms with van der Waals surface area (Å²) in [7, 11) is 0. The fourth-order valence-corrected chi connectivity index (χ4v) is 2.94. The molecule has 1 N–H and O–H groups in total. The monoisotopic (exact) mass is 278 g/mol. The molecule has 20 heavy (non-hydrogen) atoms. The highest BCUT2D eigenvalue weighted by molar-refractivity contribution is 7.21. The van der Waals surface area contributed by atoms with Crippen LogP contribution in [0.3, 0.4) is 0 Å². The van der Waals surface area contributed by atoms with Gasteiger partial charge >= 0.3 is 0 Å². The van der Waals surface area contributed by atoms with Crippen LogP contribution in [0.25, 0.3) is 21.1 Å². The van der Waals surface area contributed by atoms with Crippen molar-refractivity contribution in [2.24, 2.45) is 0 Å². The number of aromatic nitrogens is 3. The van der Waals surface area contributed by atoms with E-state index in [0.29, 0.717) is 0 Å². The highest BCUT2D eigenvalue weighted by Crippen LogP contribution is 2.27. The minimum atomic E-state index is 0.854. The van der Waals surface area contributed by atoms with Gasteiger partial charge in [0.05, 0.1) is 0 Å². The van der Waals surface area contributed by atoms with Gasteiger partial charge in [0.15, 0.2) is 5.13 Å². The Bertz CT molecular complexity index is 867. The van der Waals surface area contributed by atoms with Gasteiger partial charge in [0.2, 0.25) is 0 Å². The summed E-state index contributed by atoms with van der Waals surface area (Å²) < 4.78 is 0. The molecule has 0 fully saturated rings. The lowest BCUT2D eigenvalue weighted by atomic mass is 10.1. The molecule has 96 valence electrons. The lowest BCUT2D eigenvalue weighted by Crippen LogP contribution is -1.89. The average Bonchev–Trinajstić information content (AvgIpc) is 2.89. The van der Waals surface area contributed by atoms with Crippen LogP contribution in [0.1, 0.15) is 0 Å². The second-order valence-electron chi connectivity index (χ2n) is 4.41. The summed E-state index contributed by atoms with van der Waals surface area (Å²) >= 11 is 1.55. The average molecular weight is 278 g/mol. The molecule has 0 aliphatic carbocycles. The molecule has 1 aromatic carbocycles. The van der Waals surface area contributed by atoms with E-state index in [2.05, 4.69) is 32.4 Å².